The summed E-state index contributed by atoms with van der Waals surface area (Å²) in [7, 11) is 6.27. The fraction of sp³-hybridized carbons (Fsp3) is 1.00. The average molecular weight is 332 g/mol. The summed E-state index contributed by atoms with van der Waals surface area (Å²) in [5.74, 6) is 0. The van der Waals surface area contributed by atoms with Crippen LogP contribution in [0.5, 0.6) is 0 Å². The van der Waals surface area contributed by atoms with Crippen molar-refractivity contribution >= 4 is 9.76 Å². The Labute approximate surface area is 142 Å². The van der Waals surface area contributed by atoms with Gasteiger partial charge in [0.1, 0.15) is 0 Å². The molecule has 0 amide bonds. The Morgan fingerprint density at radius 2 is 1.18 bits per heavy atom. The van der Waals surface area contributed by atoms with Crippen LogP contribution in [0.3, 0.4) is 0 Å². The molecule has 5 heteroatoms. The molecule has 0 aromatic rings. The maximum atomic E-state index is 6.03. The smallest absolute Gasteiger partial charge is 0.162 e. The molecule has 0 fully saturated rings. The molecule has 0 aliphatic heterocycles. The highest BCUT2D eigenvalue weighted by molar-refractivity contribution is 6.27. The van der Waals surface area contributed by atoms with E-state index in [4.69, 9.17) is 4.43 Å². The third-order valence-electron chi connectivity index (χ3n) is 4.52. The SMILES string of the molecule is CCN(C)CC(C[SiH2]OC(C)C)(CN(C)CC)CN(C)CC. The summed E-state index contributed by atoms with van der Waals surface area (Å²) in [6, 6.07) is 1.25. The lowest BCUT2D eigenvalue weighted by Crippen LogP contribution is -2.50. The van der Waals surface area contributed by atoms with Crippen molar-refractivity contribution in [1.29, 1.82) is 0 Å². The summed E-state index contributed by atoms with van der Waals surface area (Å²) in [6.45, 7) is 17.9. The van der Waals surface area contributed by atoms with E-state index in [0.717, 1.165) is 39.3 Å². The van der Waals surface area contributed by atoms with Crippen LogP contribution < -0.4 is 0 Å². The summed E-state index contributed by atoms with van der Waals surface area (Å²) in [5, 5.41) is 0. The van der Waals surface area contributed by atoms with E-state index in [2.05, 4.69) is 70.5 Å². The minimum atomic E-state index is -0.472. The van der Waals surface area contributed by atoms with Crippen molar-refractivity contribution in [3.63, 3.8) is 0 Å². The molecule has 0 rings (SSSR count). The zero-order valence-electron chi connectivity index (χ0n) is 16.5. The molecule has 0 aromatic heterocycles. The number of nitrogens with zero attached hydrogens (tertiary/aromatic N) is 3. The highest BCUT2D eigenvalue weighted by Crippen LogP contribution is 2.27. The largest absolute Gasteiger partial charge is 0.422 e. The lowest BCUT2D eigenvalue weighted by atomic mass is 9.88. The molecule has 0 aliphatic carbocycles. The van der Waals surface area contributed by atoms with E-state index < -0.39 is 9.76 Å². The summed E-state index contributed by atoms with van der Waals surface area (Å²) >= 11 is 0. The molecule has 0 radical (unpaired) electrons. The van der Waals surface area contributed by atoms with Gasteiger partial charge in [0.15, 0.2) is 9.76 Å². The topological polar surface area (TPSA) is 19.0 Å². The molecule has 0 bridgehead atoms. The minimum absolute atomic E-state index is 0.321. The highest BCUT2D eigenvalue weighted by atomic mass is 28.2. The Hall–Kier alpha value is 0.0569. The molecule has 134 valence electrons. The monoisotopic (exact) mass is 331 g/mol. The van der Waals surface area contributed by atoms with Crippen LogP contribution in [-0.4, -0.2) is 91.0 Å². The van der Waals surface area contributed by atoms with Crippen molar-refractivity contribution in [2.24, 2.45) is 5.41 Å². The van der Waals surface area contributed by atoms with Gasteiger partial charge < -0.3 is 19.1 Å². The van der Waals surface area contributed by atoms with Gasteiger partial charge in [-0.3, -0.25) is 0 Å². The van der Waals surface area contributed by atoms with Gasteiger partial charge in [0.05, 0.1) is 0 Å². The molecule has 0 saturated carbocycles. The van der Waals surface area contributed by atoms with Crippen LogP contribution in [-0.2, 0) is 4.43 Å². The standard InChI is InChI=1S/C17H41N3OSi/c1-9-18(6)12-17(13-19(7)10-2,14-20(8)11-3)15-22-21-16(4)5/h16H,9-15,22H2,1-8H3. The van der Waals surface area contributed by atoms with Gasteiger partial charge in [0, 0.05) is 31.2 Å². The van der Waals surface area contributed by atoms with Crippen molar-refractivity contribution < 1.29 is 4.43 Å². The van der Waals surface area contributed by atoms with Crippen LogP contribution in [0.25, 0.3) is 0 Å². The lowest BCUT2D eigenvalue weighted by molar-refractivity contribution is 0.0956. The van der Waals surface area contributed by atoms with Crippen molar-refractivity contribution in [3.8, 4) is 0 Å². The van der Waals surface area contributed by atoms with Crippen LogP contribution in [0.15, 0.2) is 0 Å². The summed E-state index contributed by atoms with van der Waals surface area (Å²) in [4.78, 5) is 7.41. The predicted molar refractivity (Wildman–Crippen MR) is 102 cm³/mol. The molecule has 22 heavy (non-hydrogen) atoms. The average Bonchev–Trinajstić information content (AvgIpc) is 2.46. The summed E-state index contributed by atoms with van der Waals surface area (Å²) < 4.78 is 6.03. The maximum absolute atomic E-state index is 6.03. The van der Waals surface area contributed by atoms with E-state index >= 15 is 0 Å². The van der Waals surface area contributed by atoms with E-state index in [1.54, 1.807) is 0 Å². The molecule has 0 N–H and O–H groups in total. The molecule has 0 unspecified atom stereocenters. The quantitative estimate of drug-likeness (QED) is 0.479. The number of hydrogen-bond acceptors (Lipinski definition) is 4. The number of hydrogen-bond donors (Lipinski definition) is 0. The molecule has 0 saturated heterocycles. The second kappa shape index (κ2) is 11.6. The zero-order chi connectivity index (χ0) is 17.2. The van der Waals surface area contributed by atoms with Crippen LogP contribution in [0, 0.1) is 5.41 Å². The first-order valence-corrected chi connectivity index (χ1v) is 10.5. The fourth-order valence-corrected chi connectivity index (χ4v) is 4.45. The molecule has 0 heterocycles. The van der Waals surface area contributed by atoms with E-state index in [1.807, 2.05) is 0 Å². The third kappa shape index (κ3) is 9.25. The lowest BCUT2D eigenvalue weighted by Gasteiger charge is -2.42. The Bertz CT molecular complexity index is 245. The first-order valence-electron chi connectivity index (χ1n) is 8.95. The predicted octanol–water partition coefficient (Wildman–Crippen LogP) is 1.76. The zero-order valence-corrected chi connectivity index (χ0v) is 17.9. The Morgan fingerprint density at radius 3 is 1.45 bits per heavy atom. The van der Waals surface area contributed by atoms with Crippen molar-refractivity contribution in [3.05, 3.63) is 0 Å². The van der Waals surface area contributed by atoms with Gasteiger partial charge in [-0.1, -0.05) is 20.8 Å². The van der Waals surface area contributed by atoms with Gasteiger partial charge in [0.25, 0.3) is 0 Å². The van der Waals surface area contributed by atoms with Crippen LogP contribution >= 0.6 is 0 Å². The normalized spacial score (nSPS) is 13.6. The van der Waals surface area contributed by atoms with E-state index in [9.17, 15) is 0 Å². The molecule has 4 nitrogen and oxygen atoms in total. The van der Waals surface area contributed by atoms with Crippen LogP contribution in [0.2, 0.25) is 6.04 Å². The first kappa shape index (κ1) is 22.1. The molecule has 0 aromatic carbocycles. The highest BCUT2D eigenvalue weighted by Gasteiger charge is 2.33. The fourth-order valence-electron chi connectivity index (χ4n) is 2.95. The van der Waals surface area contributed by atoms with Gasteiger partial charge in [-0.15, -0.1) is 0 Å². The van der Waals surface area contributed by atoms with Crippen LogP contribution in [0.4, 0.5) is 0 Å². The van der Waals surface area contributed by atoms with Crippen molar-refractivity contribution in [2.45, 2.75) is 46.8 Å². The maximum Gasteiger partial charge on any atom is 0.162 e. The van der Waals surface area contributed by atoms with Crippen molar-refractivity contribution in [2.75, 3.05) is 60.4 Å². The first-order chi connectivity index (χ1) is 10.3. The molecule has 0 aliphatic rings. The van der Waals surface area contributed by atoms with Crippen molar-refractivity contribution in [1.82, 2.24) is 14.7 Å². The molecular formula is C17H41N3OSi. The molecular weight excluding hydrogens is 290 g/mol. The Morgan fingerprint density at radius 1 is 0.818 bits per heavy atom. The Kier molecular flexibility index (Phi) is 11.6. The second-order valence-electron chi connectivity index (χ2n) is 7.16. The third-order valence-corrected chi connectivity index (χ3v) is 6.69. The molecule has 0 spiro atoms. The Balaban J connectivity index is 5.09. The second-order valence-corrected chi connectivity index (χ2v) is 8.40. The van der Waals surface area contributed by atoms with E-state index in [0.29, 0.717) is 11.5 Å². The minimum Gasteiger partial charge on any atom is -0.422 e. The number of rotatable bonds is 13. The summed E-state index contributed by atoms with van der Waals surface area (Å²) in [6.07, 6.45) is 0.376. The van der Waals surface area contributed by atoms with Gasteiger partial charge in [-0.25, -0.2) is 0 Å². The van der Waals surface area contributed by atoms with E-state index in [-0.39, 0.29) is 0 Å². The van der Waals surface area contributed by atoms with Gasteiger partial charge >= 0.3 is 0 Å². The van der Waals surface area contributed by atoms with Crippen LogP contribution in [0.1, 0.15) is 34.6 Å². The van der Waals surface area contributed by atoms with Gasteiger partial charge in [-0.2, -0.15) is 0 Å². The molecule has 0 atom stereocenters. The summed E-state index contributed by atoms with van der Waals surface area (Å²) in [5.41, 5.74) is 0.321. The van der Waals surface area contributed by atoms with Gasteiger partial charge in [0.2, 0.25) is 0 Å². The van der Waals surface area contributed by atoms with E-state index in [1.165, 1.54) is 6.04 Å². The van der Waals surface area contributed by atoms with Gasteiger partial charge in [-0.05, 0) is 60.7 Å².